The first-order chi connectivity index (χ1) is 8.19. The Morgan fingerprint density at radius 1 is 1.35 bits per heavy atom. The molecule has 0 aliphatic rings. The van der Waals surface area contributed by atoms with Crippen LogP contribution in [0.4, 0.5) is 5.69 Å². The smallest absolute Gasteiger partial charge is 0.240 e. The summed E-state index contributed by atoms with van der Waals surface area (Å²) in [5.41, 5.74) is 6.13. The van der Waals surface area contributed by atoms with Crippen molar-refractivity contribution in [3.63, 3.8) is 0 Å². The van der Waals surface area contributed by atoms with Gasteiger partial charge in [-0.15, -0.1) is 0 Å². The Morgan fingerprint density at radius 3 is 2.53 bits per heavy atom. The molecule has 4 nitrogen and oxygen atoms in total. The number of nitrogens with zero attached hydrogens (tertiary/aromatic N) is 1. The number of carbonyl (C=O) groups excluding carboxylic acids is 1. The van der Waals surface area contributed by atoms with Crippen molar-refractivity contribution in [2.24, 2.45) is 5.73 Å². The molecule has 0 bridgehead atoms. The van der Waals surface area contributed by atoms with E-state index in [2.05, 4.69) is 6.92 Å². The quantitative estimate of drug-likeness (QED) is 0.766. The Balaban J connectivity index is 2.58. The molecule has 4 heteroatoms. The van der Waals surface area contributed by atoms with Crippen LogP contribution in [0, 0.1) is 0 Å². The fourth-order valence-electron chi connectivity index (χ4n) is 1.38. The molecule has 2 N–H and O–H groups in total. The van der Waals surface area contributed by atoms with Gasteiger partial charge in [-0.1, -0.05) is 13.3 Å². The van der Waals surface area contributed by atoms with E-state index < -0.39 is 0 Å². The summed E-state index contributed by atoms with van der Waals surface area (Å²) >= 11 is 0. The molecule has 0 unspecified atom stereocenters. The topological polar surface area (TPSA) is 55.6 Å². The largest absolute Gasteiger partial charge is 0.494 e. The lowest BCUT2D eigenvalue weighted by Crippen LogP contribution is -2.32. The highest BCUT2D eigenvalue weighted by Crippen LogP contribution is 2.18. The average molecular weight is 236 g/mol. The number of rotatable bonds is 6. The number of hydrogen-bond acceptors (Lipinski definition) is 3. The van der Waals surface area contributed by atoms with Crippen LogP contribution in [0.3, 0.4) is 0 Å². The van der Waals surface area contributed by atoms with Crippen LogP contribution in [0.5, 0.6) is 5.75 Å². The predicted molar refractivity (Wildman–Crippen MR) is 69.3 cm³/mol. The van der Waals surface area contributed by atoms with Gasteiger partial charge in [0, 0.05) is 12.7 Å². The number of nitrogens with two attached hydrogens (primary N) is 1. The molecule has 0 spiro atoms. The molecule has 1 rings (SSSR count). The van der Waals surface area contributed by atoms with Gasteiger partial charge in [0.2, 0.25) is 5.91 Å². The molecule has 0 heterocycles. The molecule has 1 aromatic rings. The zero-order chi connectivity index (χ0) is 12.7. The van der Waals surface area contributed by atoms with Crippen LogP contribution in [-0.2, 0) is 4.79 Å². The van der Waals surface area contributed by atoms with E-state index in [1.54, 1.807) is 7.05 Å². The van der Waals surface area contributed by atoms with Crippen molar-refractivity contribution >= 4 is 11.6 Å². The number of hydrogen-bond donors (Lipinski definition) is 1. The van der Waals surface area contributed by atoms with Crippen LogP contribution in [0.15, 0.2) is 24.3 Å². The van der Waals surface area contributed by atoms with E-state index in [1.807, 2.05) is 24.3 Å². The summed E-state index contributed by atoms with van der Waals surface area (Å²) in [6.07, 6.45) is 2.17. The molecule has 0 aromatic heterocycles. The zero-order valence-corrected chi connectivity index (χ0v) is 10.5. The Bertz CT molecular complexity index is 349. The van der Waals surface area contributed by atoms with Crippen molar-refractivity contribution in [1.29, 1.82) is 0 Å². The van der Waals surface area contributed by atoms with E-state index in [0.717, 1.165) is 30.9 Å². The minimum absolute atomic E-state index is 0.0191. The van der Waals surface area contributed by atoms with Crippen LogP contribution >= 0.6 is 0 Å². The van der Waals surface area contributed by atoms with Gasteiger partial charge in [-0.3, -0.25) is 4.79 Å². The highest BCUT2D eigenvalue weighted by Gasteiger charge is 2.08. The first-order valence-electron chi connectivity index (χ1n) is 5.88. The lowest BCUT2D eigenvalue weighted by Gasteiger charge is -2.16. The molecular formula is C13H20N2O2. The maximum Gasteiger partial charge on any atom is 0.240 e. The lowest BCUT2D eigenvalue weighted by atomic mass is 10.2. The van der Waals surface area contributed by atoms with E-state index >= 15 is 0 Å². The lowest BCUT2D eigenvalue weighted by molar-refractivity contribution is -0.117. The predicted octanol–water partition coefficient (Wildman–Crippen LogP) is 1.79. The van der Waals surface area contributed by atoms with Gasteiger partial charge in [0.15, 0.2) is 0 Å². The third-order valence-electron chi connectivity index (χ3n) is 2.54. The van der Waals surface area contributed by atoms with Gasteiger partial charge in [-0.25, -0.2) is 0 Å². The van der Waals surface area contributed by atoms with E-state index in [1.165, 1.54) is 4.90 Å². The van der Waals surface area contributed by atoms with Gasteiger partial charge in [0.1, 0.15) is 5.75 Å². The highest BCUT2D eigenvalue weighted by atomic mass is 16.5. The second-order valence-electron chi connectivity index (χ2n) is 3.85. The monoisotopic (exact) mass is 236 g/mol. The first kappa shape index (κ1) is 13.5. The van der Waals surface area contributed by atoms with Crippen molar-refractivity contribution in [1.82, 2.24) is 0 Å². The Morgan fingerprint density at radius 2 is 2.00 bits per heavy atom. The third-order valence-corrected chi connectivity index (χ3v) is 2.54. The summed E-state index contributed by atoms with van der Waals surface area (Å²) in [7, 11) is 1.71. The van der Waals surface area contributed by atoms with Gasteiger partial charge >= 0.3 is 0 Å². The third kappa shape index (κ3) is 4.07. The molecule has 0 radical (unpaired) electrons. The van der Waals surface area contributed by atoms with Crippen molar-refractivity contribution < 1.29 is 9.53 Å². The zero-order valence-electron chi connectivity index (χ0n) is 10.5. The van der Waals surface area contributed by atoms with Crippen LogP contribution < -0.4 is 15.4 Å². The van der Waals surface area contributed by atoms with Gasteiger partial charge in [-0.05, 0) is 30.7 Å². The average Bonchev–Trinajstić information content (AvgIpc) is 2.38. The minimum atomic E-state index is -0.107. The fourth-order valence-corrected chi connectivity index (χ4v) is 1.38. The second-order valence-corrected chi connectivity index (χ2v) is 3.85. The van der Waals surface area contributed by atoms with E-state index in [-0.39, 0.29) is 12.5 Å². The standard InChI is InChI=1S/C13H20N2O2/c1-3-4-9-17-12-7-5-11(6-8-12)15(2)13(16)10-14/h5-8H,3-4,9-10,14H2,1-2H3. The van der Waals surface area contributed by atoms with Gasteiger partial charge in [-0.2, -0.15) is 0 Å². The Labute approximate surface area is 102 Å². The van der Waals surface area contributed by atoms with Crippen LogP contribution in [0.25, 0.3) is 0 Å². The molecule has 0 fully saturated rings. The molecule has 1 aromatic carbocycles. The van der Waals surface area contributed by atoms with Crippen molar-refractivity contribution in [3.8, 4) is 5.75 Å². The van der Waals surface area contributed by atoms with Gasteiger partial charge < -0.3 is 15.4 Å². The molecule has 0 aliphatic heterocycles. The molecular weight excluding hydrogens is 216 g/mol. The molecule has 0 saturated heterocycles. The maximum atomic E-state index is 11.4. The van der Waals surface area contributed by atoms with Crippen molar-refractivity contribution in [2.75, 3.05) is 25.1 Å². The van der Waals surface area contributed by atoms with E-state index in [4.69, 9.17) is 10.5 Å². The molecule has 0 aliphatic carbocycles. The summed E-state index contributed by atoms with van der Waals surface area (Å²) in [5, 5.41) is 0. The molecule has 1 amide bonds. The summed E-state index contributed by atoms with van der Waals surface area (Å²) in [5.74, 6) is 0.723. The minimum Gasteiger partial charge on any atom is -0.494 e. The number of carbonyl (C=O) groups is 1. The second kappa shape index (κ2) is 6.91. The van der Waals surface area contributed by atoms with Gasteiger partial charge in [0.05, 0.1) is 13.2 Å². The van der Waals surface area contributed by atoms with Crippen LogP contribution in [-0.4, -0.2) is 26.1 Å². The Kier molecular flexibility index (Phi) is 5.49. The molecule has 0 atom stereocenters. The molecule has 0 saturated carbocycles. The van der Waals surface area contributed by atoms with Gasteiger partial charge in [0.25, 0.3) is 0 Å². The number of likely N-dealkylation sites (N-methyl/N-ethyl adjacent to an activating group) is 1. The summed E-state index contributed by atoms with van der Waals surface area (Å²) in [6, 6.07) is 7.44. The summed E-state index contributed by atoms with van der Waals surface area (Å²) in [4.78, 5) is 12.9. The summed E-state index contributed by atoms with van der Waals surface area (Å²) in [6.45, 7) is 2.87. The van der Waals surface area contributed by atoms with Crippen molar-refractivity contribution in [2.45, 2.75) is 19.8 Å². The Hall–Kier alpha value is -1.55. The normalized spacial score (nSPS) is 10.1. The fraction of sp³-hybridized carbons (Fsp3) is 0.462. The molecule has 94 valence electrons. The van der Waals surface area contributed by atoms with E-state index in [9.17, 15) is 4.79 Å². The highest BCUT2D eigenvalue weighted by molar-refractivity contribution is 5.94. The number of ether oxygens (including phenoxy) is 1. The number of benzene rings is 1. The maximum absolute atomic E-state index is 11.4. The first-order valence-corrected chi connectivity index (χ1v) is 5.88. The van der Waals surface area contributed by atoms with Crippen molar-refractivity contribution in [3.05, 3.63) is 24.3 Å². The van der Waals surface area contributed by atoms with Crippen LogP contribution in [0.1, 0.15) is 19.8 Å². The SMILES string of the molecule is CCCCOc1ccc(N(C)C(=O)CN)cc1. The number of unbranched alkanes of at least 4 members (excludes halogenated alkanes) is 1. The van der Waals surface area contributed by atoms with Crippen LogP contribution in [0.2, 0.25) is 0 Å². The number of amides is 1. The summed E-state index contributed by atoms with van der Waals surface area (Å²) < 4.78 is 5.54. The van der Waals surface area contributed by atoms with E-state index in [0.29, 0.717) is 0 Å². The molecule has 17 heavy (non-hydrogen) atoms. The number of anilines is 1.